The molecule has 0 aliphatic carbocycles. The lowest BCUT2D eigenvalue weighted by Gasteiger charge is -2.07. The minimum Gasteiger partial charge on any atom is -0.461 e. The average Bonchev–Trinajstić information content (AvgIpc) is 2.18. The topological polar surface area (TPSA) is 83.7 Å². The van der Waals surface area contributed by atoms with Gasteiger partial charge in [-0.3, -0.25) is 0 Å². The summed E-state index contributed by atoms with van der Waals surface area (Å²) in [5, 5.41) is 18.1. The van der Waals surface area contributed by atoms with E-state index < -0.39 is 11.1 Å². The zero-order chi connectivity index (χ0) is 11.3. The molecule has 0 heterocycles. The fourth-order valence-electron chi connectivity index (χ4n) is 1.13. The van der Waals surface area contributed by atoms with Crippen molar-refractivity contribution in [2.75, 3.05) is 6.54 Å². The molecule has 0 radical (unpaired) electrons. The number of hydrogen-bond acceptors (Lipinski definition) is 3. The predicted molar refractivity (Wildman–Crippen MR) is 51.9 cm³/mol. The molecule has 0 spiro atoms. The highest BCUT2D eigenvalue weighted by Crippen LogP contribution is 2.01. The number of rotatable bonds is 4. The van der Waals surface area contributed by atoms with Crippen molar-refractivity contribution in [3.8, 4) is 0 Å². The van der Waals surface area contributed by atoms with Gasteiger partial charge in [0.05, 0.1) is 6.54 Å². The Morgan fingerprint density at radius 1 is 1.40 bits per heavy atom. The second-order valence-electron chi connectivity index (χ2n) is 2.88. The van der Waals surface area contributed by atoms with Gasteiger partial charge in [-0.05, 0) is 17.0 Å². The van der Waals surface area contributed by atoms with Gasteiger partial charge >= 0.3 is 6.09 Å². The molecule has 0 saturated heterocycles. The molecule has 1 aromatic carbocycles. The van der Waals surface area contributed by atoms with Crippen molar-refractivity contribution in [3.05, 3.63) is 46.0 Å². The number of amides is 1. The summed E-state index contributed by atoms with van der Waals surface area (Å²) in [6, 6.07) is 9.01. The van der Waals surface area contributed by atoms with Gasteiger partial charge in [-0.2, -0.15) is 0 Å². The Labute approximate surface area is 85.9 Å². The molecule has 0 bridgehead atoms. The quantitative estimate of drug-likeness (QED) is 0.601. The monoisotopic (exact) mass is 210 g/mol. The van der Waals surface area contributed by atoms with E-state index >= 15 is 0 Å². The molecule has 0 unspecified atom stereocenters. The van der Waals surface area contributed by atoms with Crippen LogP contribution in [0.2, 0.25) is 0 Å². The average molecular weight is 210 g/mol. The van der Waals surface area contributed by atoms with Gasteiger partial charge in [0.1, 0.15) is 0 Å². The Morgan fingerprint density at radius 3 is 2.47 bits per heavy atom. The van der Waals surface area contributed by atoms with E-state index in [4.69, 9.17) is 5.11 Å². The van der Waals surface area contributed by atoms with Gasteiger partial charge < -0.3 is 5.11 Å². The highest BCUT2D eigenvalue weighted by molar-refractivity contribution is 5.63. The van der Waals surface area contributed by atoms with Gasteiger partial charge in [-0.25, -0.2) is 14.9 Å². The van der Waals surface area contributed by atoms with Crippen LogP contribution in [0.25, 0.3) is 0 Å². The van der Waals surface area contributed by atoms with Crippen LogP contribution in [0.1, 0.15) is 5.56 Å². The Morgan fingerprint density at radius 2 is 2.00 bits per heavy atom. The number of carboxylic acid groups (broad SMARTS) is 1. The lowest BCUT2D eigenvalue weighted by Crippen LogP contribution is -2.36. The van der Waals surface area contributed by atoms with Gasteiger partial charge in [0, 0.05) is 0 Å². The second-order valence-corrected chi connectivity index (χ2v) is 2.88. The molecule has 15 heavy (non-hydrogen) atoms. The molecule has 0 aliphatic rings. The largest absolute Gasteiger partial charge is 0.465 e. The summed E-state index contributed by atoms with van der Waals surface area (Å²) < 4.78 is 0. The number of nitrogens with zero attached hydrogens (tertiary/aromatic N) is 2. The zero-order valence-electron chi connectivity index (χ0n) is 7.87. The maximum Gasteiger partial charge on any atom is 0.465 e. The van der Waals surface area contributed by atoms with Crippen molar-refractivity contribution >= 4 is 6.09 Å². The Bertz CT molecular complexity index is 338. The molecule has 0 atom stereocenters. The van der Waals surface area contributed by atoms with Crippen LogP contribution >= 0.6 is 0 Å². The molecule has 0 fully saturated rings. The van der Waals surface area contributed by atoms with Crippen molar-refractivity contribution in [3.63, 3.8) is 0 Å². The van der Waals surface area contributed by atoms with Crippen LogP contribution in [-0.4, -0.2) is 27.8 Å². The summed E-state index contributed by atoms with van der Waals surface area (Å²) in [5.41, 5.74) is 0.866. The van der Waals surface area contributed by atoms with E-state index in [0.717, 1.165) is 5.56 Å². The van der Waals surface area contributed by atoms with Gasteiger partial charge in [-0.1, -0.05) is 30.3 Å². The first-order valence-corrected chi connectivity index (χ1v) is 4.30. The number of benzene rings is 1. The van der Waals surface area contributed by atoms with Crippen LogP contribution in [0.15, 0.2) is 30.3 Å². The summed E-state index contributed by atoms with van der Waals surface area (Å²) in [6.07, 6.45) is -1.22. The SMILES string of the molecule is O=C(O)N(CCc1ccccc1)[N+](=O)[O-]. The summed E-state index contributed by atoms with van der Waals surface area (Å²) in [6.45, 7) is -0.146. The Hall–Kier alpha value is -2.11. The lowest BCUT2D eigenvalue weighted by atomic mass is 10.1. The molecule has 0 aromatic heterocycles. The van der Waals surface area contributed by atoms with E-state index in [1.807, 2.05) is 6.07 Å². The van der Waals surface area contributed by atoms with E-state index in [-0.39, 0.29) is 11.6 Å². The standard InChI is InChI=1S/C9H10N2O4/c12-9(13)10(11(14)15)7-6-8-4-2-1-3-5-8/h1-5H,6-7H2,(H,12,13). The van der Waals surface area contributed by atoms with Crippen LogP contribution in [0.3, 0.4) is 0 Å². The van der Waals surface area contributed by atoms with Crippen LogP contribution in [0, 0.1) is 10.1 Å². The Kier molecular flexibility index (Phi) is 3.61. The van der Waals surface area contributed by atoms with E-state index in [2.05, 4.69) is 0 Å². The van der Waals surface area contributed by atoms with Crippen molar-refractivity contribution in [2.24, 2.45) is 0 Å². The molecular weight excluding hydrogens is 200 g/mol. The van der Waals surface area contributed by atoms with E-state index in [1.165, 1.54) is 0 Å². The van der Waals surface area contributed by atoms with Crippen LogP contribution < -0.4 is 0 Å². The zero-order valence-corrected chi connectivity index (χ0v) is 7.87. The molecule has 1 aromatic rings. The third-order valence-electron chi connectivity index (χ3n) is 1.87. The Balaban J connectivity index is 2.55. The van der Waals surface area contributed by atoms with Gasteiger partial charge in [-0.15, -0.1) is 0 Å². The van der Waals surface area contributed by atoms with Gasteiger partial charge in [0.2, 0.25) is 0 Å². The molecular formula is C9H10N2O4. The molecule has 6 heteroatoms. The molecule has 1 amide bonds. The van der Waals surface area contributed by atoms with Gasteiger partial charge in [0.25, 0.3) is 0 Å². The van der Waals surface area contributed by atoms with Crippen molar-refractivity contribution in [2.45, 2.75) is 6.42 Å². The molecule has 1 N–H and O–H groups in total. The van der Waals surface area contributed by atoms with Crippen LogP contribution in [0.5, 0.6) is 0 Å². The summed E-state index contributed by atoms with van der Waals surface area (Å²) in [5.74, 6) is 0. The first-order chi connectivity index (χ1) is 7.11. The normalized spacial score (nSPS) is 9.60. The van der Waals surface area contributed by atoms with E-state index in [0.29, 0.717) is 6.42 Å². The molecule has 80 valence electrons. The number of hydrazine groups is 1. The predicted octanol–water partition coefficient (Wildman–Crippen LogP) is 1.40. The fraction of sp³-hybridized carbons (Fsp3) is 0.222. The fourth-order valence-corrected chi connectivity index (χ4v) is 1.13. The van der Waals surface area contributed by atoms with Crippen LogP contribution in [0.4, 0.5) is 4.79 Å². The summed E-state index contributed by atoms with van der Waals surface area (Å²) in [4.78, 5) is 20.8. The minimum absolute atomic E-state index is 0.146. The van der Waals surface area contributed by atoms with E-state index in [9.17, 15) is 14.9 Å². The third-order valence-corrected chi connectivity index (χ3v) is 1.87. The molecule has 6 nitrogen and oxygen atoms in total. The number of carbonyl (C=O) groups is 1. The third kappa shape index (κ3) is 3.26. The maximum atomic E-state index is 10.4. The summed E-state index contributed by atoms with van der Waals surface area (Å²) >= 11 is 0. The molecule has 0 saturated carbocycles. The first-order valence-electron chi connectivity index (χ1n) is 4.30. The van der Waals surface area contributed by atoms with Crippen molar-refractivity contribution in [1.29, 1.82) is 0 Å². The summed E-state index contributed by atoms with van der Waals surface area (Å²) in [7, 11) is 0. The van der Waals surface area contributed by atoms with Crippen molar-refractivity contribution < 1.29 is 14.9 Å². The number of nitro groups is 1. The van der Waals surface area contributed by atoms with Crippen LogP contribution in [-0.2, 0) is 6.42 Å². The highest BCUT2D eigenvalue weighted by atomic mass is 16.7. The smallest absolute Gasteiger partial charge is 0.461 e. The molecule has 0 aliphatic heterocycles. The van der Waals surface area contributed by atoms with Crippen molar-refractivity contribution in [1.82, 2.24) is 5.01 Å². The second kappa shape index (κ2) is 4.94. The minimum atomic E-state index is -1.55. The molecule has 1 rings (SSSR count). The van der Waals surface area contributed by atoms with E-state index in [1.54, 1.807) is 24.3 Å². The lowest BCUT2D eigenvalue weighted by molar-refractivity contribution is -0.634. The first kappa shape index (κ1) is 11.0. The maximum absolute atomic E-state index is 10.4. The highest BCUT2D eigenvalue weighted by Gasteiger charge is 2.22. The number of hydrogen-bond donors (Lipinski definition) is 1. The van der Waals surface area contributed by atoms with Gasteiger partial charge in [0.15, 0.2) is 5.03 Å².